The Hall–Kier alpha value is -1.06. The third-order valence-corrected chi connectivity index (χ3v) is 1.36. The van der Waals surface area contributed by atoms with Gasteiger partial charge in [0, 0.05) is 13.0 Å². The van der Waals surface area contributed by atoms with Gasteiger partial charge in [-0.1, -0.05) is 13.8 Å². The van der Waals surface area contributed by atoms with Crippen molar-refractivity contribution in [2.45, 2.75) is 26.7 Å². The van der Waals surface area contributed by atoms with Crippen molar-refractivity contribution >= 4 is 11.7 Å². The summed E-state index contributed by atoms with van der Waals surface area (Å²) >= 11 is 0. The van der Waals surface area contributed by atoms with Gasteiger partial charge in [-0.25, -0.2) is 0 Å². The number of carbonyl (C=O) groups excluding carboxylic acids is 1. The van der Waals surface area contributed by atoms with Crippen molar-refractivity contribution < 1.29 is 4.79 Å². The van der Waals surface area contributed by atoms with Gasteiger partial charge in [-0.3, -0.25) is 9.79 Å². The molecule has 4 heteroatoms. The maximum absolute atomic E-state index is 10.9. The summed E-state index contributed by atoms with van der Waals surface area (Å²) in [6.45, 7) is 4.77. The van der Waals surface area contributed by atoms with Crippen LogP contribution in [-0.4, -0.2) is 24.8 Å². The number of aliphatic imine (C=N–C) groups is 1. The van der Waals surface area contributed by atoms with Gasteiger partial charge in [0.1, 0.15) is 6.54 Å². The third kappa shape index (κ3) is 5.70. The third-order valence-electron chi connectivity index (χ3n) is 1.36. The first-order valence-corrected chi connectivity index (χ1v) is 4.26. The summed E-state index contributed by atoms with van der Waals surface area (Å²) in [4.78, 5) is 14.8. The van der Waals surface area contributed by atoms with Crippen LogP contribution in [0.25, 0.3) is 0 Å². The lowest BCUT2D eigenvalue weighted by molar-refractivity contribution is -0.119. The van der Waals surface area contributed by atoms with E-state index in [-0.39, 0.29) is 12.5 Å². The molecule has 0 saturated heterocycles. The summed E-state index contributed by atoms with van der Waals surface area (Å²) < 4.78 is 0. The Labute approximate surface area is 73.2 Å². The second kappa shape index (κ2) is 6.64. The van der Waals surface area contributed by atoms with Crippen LogP contribution in [0.1, 0.15) is 26.7 Å². The highest BCUT2D eigenvalue weighted by Gasteiger charge is 1.96. The fourth-order valence-electron chi connectivity index (χ4n) is 0.605. The van der Waals surface area contributed by atoms with Crippen molar-refractivity contribution in [3.05, 3.63) is 0 Å². The van der Waals surface area contributed by atoms with Crippen LogP contribution in [-0.2, 0) is 4.79 Å². The van der Waals surface area contributed by atoms with E-state index in [1.807, 2.05) is 13.8 Å². The Kier molecular flexibility index (Phi) is 6.05. The number of nitrogens with zero attached hydrogens (tertiary/aromatic N) is 1. The fraction of sp³-hybridized carbons (Fsp3) is 0.750. The molecule has 0 aliphatic carbocycles. The number of carbonyl (C=O) groups is 1. The minimum Gasteiger partial charge on any atom is -0.387 e. The highest BCUT2D eigenvalue weighted by atomic mass is 16.1. The minimum atomic E-state index is -0.0618. The number of hydrogen-bond donors (Lipinski definition) is 2. The van der Waals surface area contributed by atoms with Crippen LogP contribution in [0.5, 0.6) is 0 Å². The molecule has 0 saturated carbocycles. The van der Waals surface area contributed by atoms with Gasteiger partial charge in [0.05, 0.1) is 5.84 Å². The number of amides is 1. The molecule has 0 aromatic carbocycles. The molecule has 0 fully saturated rings. The van der Waals surface area contributed by atoms with Gasteiger partial charge in [-0.15, -0.1) is 0 Å². The molecule has 1 amide bonds. The summed E-state index contributed by atoms with van der Waals surface area (Å²) in [6, 6.07) is 0. The zero-order valence-corrected chi connectivity index (χ0v) is 7.76. The summed E-state index contributed by atoms with van der Waals surface area (Å²) in [5.41, 5.74) is 5.42. The average molecular weight is 171 g/mol. The largest absolute Gasteiger partial charge is 0.387 e. The van der Waals surface area contributed by atoms with Crippen molar-refractivity contribution in [1.29, 1.82) is 0 Å². The van der Waals surface area contributed by atoms with Gasteiger partial charge in [-0.2, -0.15) is 0 Å². The molecule has 70 valence electrons. The number of nitrogens with two attached hydrogens (primary N) is 1. The van der Waals surface area contributed by atoms with Crippen molar-refractivity contribution in [1.82, 2.24) is 5.32 Å². The molecular formula is C8H17N3O. The van der Waals surface area contributed by atoms with Crippen LogP contribution in [0, 0.1) is 0 Å². The second-order valence-corrected chi connectivity index (χ2v) is 2.51. The minimum absolute atomic E-state index is 0.0618. The first kappa shape index (κ1) is 10.9. The molecular weight excluding hydrogens is 154 g/mol. The van der Waals surface area contributed by atoms with Gasteiger partial charge in [0.2, 0.25) is 5.91 Å². The topological polar surface area (TPSA) is 67.5 Å². The van der Waals surface area contributed by atoms with Crippen molar-refractivity contribution in [3.63, 3.8) is 0 Å². The van der Waals surface area contributed by atoms with Crippen LogP contribution in [0.4, 0.5) is 0 Å². The van der Waals surface area contributed by atoms with Gasteiger partial charge < -0.3 is 11.1 Å². The van der Waals surface area contributed by atoms with Crippen LogP contribution in [0.3, 0.4) is 0 Å². The highest BCUT2D eigenvalue weighted by Crippen LogP contribution is 1.79. The lowest BCUT2D eigenvalue weighted by Crippen LogP contribution is -2.27. The van der Waals surface area contributed by atoms with E-state index >= 15 is 0 Å². The number of amidine groups is 1. The van der Waals surface area contributed by atoms with Crippen LogP contribution in [0.15, 0.2) is 4.99 Å². The first-order chi connectivity index (χ1) is 5.70. The van der Waals surface area contributed by atoms with E-state index in [9.17, 15) is 4.79 Å². The first-order valence-electron chi connectivity index (χ1n) is 4.26. The van der Waals surface area contributed by atoms with Crippen molar-refractivity contribution in [2.24, 2.45) is 10.7 Å². The Bertz CT molecular complexity index is 166. The summed E-state index contributed by atoms with van der Waals surface area (Å²) in [5, 5.41) is 2.71. The van der Waals surface area contributed by atoms with Gasteiger partial charge in [-0.05, 0) is 6.42 Å². The van der Waals surface area contributed by atoms with E-state index in [0.29, 0.717) is 18.8 Å². The molecule has 0 aliphatic rings. The number of hydrogen-bond acceptors (Lipinski definition) is 2. The molecule has 4 nitrogen and oxygen atoms in total. The molecule has 0 heterocycles. The zero-order valence-electron chi connectivity index (χ0n) is 7.76. The van der Waals surface area contributed by atoms with Crippen LogP contribution < -0.4 is 11.1 Å². The van der Waals surface area contributed by atoms with E-state index in [1.54, 1.807) is 0 Å². The Morgan fingerprint density at radius 1 is 1.50 bits per heavy atom. The summed E-state index contributed by atoms with van der Waals surface area (Å²) in [6.07, 6.45) is 1.64. The monoisotopic (exact) mass is 171 g/mol. The number of rotatable bonds is 5. The van der Waals surface area contributed by atoms with Crippen LogP contribution in [0.2, 0.25) is 0 Å². The van der Waals surface area contributed by atoms with E-state index in [0.717, 1.165) is 6.42 Å². The maximum atomic E-state index is 10.9. The molecule has 0 aromatic rings. The number of nitrogens with one attached hydrogen (secondary N) is 1. The lowest BCUT2D eigenvalue weighted by Gasteiger charge is -2.00. The molecule has 0 unspecified atom stereocenters. The van der Waals surface area contributed by atoms with E-state index in [4.69, 9.17) is 5.73 Å². The van der Waals surface area contributed by atoms with Gasteiger partial charge in [0.15, 0.2) is 0 Å². The standard InChI is InChI=1S/C8H17N3O/c1-3-5-10-8(12)6-11-7(9)4-2/h3-6H2,1-2H3,(H2,9,11)(H,10,12). The molecule has 0 rings (SSSR count). The summed E-state index contributed by atoms with van der Waals surface area (Å²) in [7, 11) is 0. The Morgan fingerprint density at radius 3 is 2.67 bits per heavy atom. The predicted molar refractivity (Wildman–Crippen MR) is 50.1 cm³/mol. The van der Waals surface area contributed by atoms with E-state index in [2.05, 4.69) is 10.3 Å². The van der Waals surface area contributed by atoms with Crippen molar-refractivity contribution in [3.8, 4) is 0 Å². The molecule has 12 heavy (non-hydrogen) atoms. The Morgan fingerprint density at radius 2 is 2.17 bits per heavy atom. The maximum Gasteiger partial charge on any atom is 0.241 e. The fourth-order valence-corrected chi connectivity index (χ4v) is 0.605. The SMILES string of the molecule is CCCNC(=O)CN=C(N)CC. The molecule has 0 atom stereocenters. The van der Waals surface area contributed by atoms with E-state index < -0.39 is 0 Å². The van der Waals surface area contributed by atoms with Crippen LogP contribution >= 0.6 is 0 Å². The summed E-state index contributed by atoms with van der Waals surface area (Å²) in [5.74, 6) is 0.467. The smallest absolute Gasteiger partial charge is 0.241 e. The van der Waals surface area contributed by atoms with Gasteiger partial charge in [0.25, 0.3) is 0 Å². The zero-order chi connectivity index (χ0) is 9.40. The van der Waals surface area contributed by atoms with E-state index in [1.165, 1.54) is 0 Å². The molecule has 0 aromatic heterocycles. The molecule has 0 radical (unpaired) electrons. The van der Waals surface area contributed by atoms with Gasteiger partial charge >= 0.3 is 0 Å². The predicted octanol–water partition coefficient (Wildman–Crippen LogP) is 0.280. The Balaban J connectivity index is 3.56. The quantitative estimate of drug-likeness (QED) is 0.461. The molecule has 0 aliphatic heterocycles. The second-order valence-electron chi connectivity index (χ2n) is 2.51. The highest BCUT2D eigenvalue weighted by molar-refractivity contribution is 5.84. The molecule has 3 N–H and O–H groups in total. The molecule has 0 spiro atoms. The van der Waals surface area contributed by atoms with Crippen molar-refractivity contribution in [2.75, 3.05) is 13.1 Å². The lowest BCUT2D eigenvalue weighted by atomic mass is 10.4. The molecule has 0 bridgehead atoms. The normalized spacial score (nSPS) is 11.3. The average Bonchev–Trinajstić information content (AvgIpc) is 2.10.